The highest BCUT2D eigenvalue weighted by atomic mass is 32.1. The van der Waals surface area contributed by atoms with Crippen molar-refractivity contribution in [1.82, 2.24) is 9.88 Å². The molecule has 0 spiro atoms. The van der Waals surface area contributed by atoms with E-state index in [1.807, 2.05) is 54.3 Å². The number of amides is 1. The lowest BCUT2D eigenvalue weighted by molar-refractivity contribution is 0.0738. The predicted octanol–water partition coefficient (Wildman–Crippen LogP) is 4.33. The zero-order valence-electron chi connectivity index (χ0n) is 16.2. The summed E-state index contributed by atoms with van der Waals surface area (Å²) >= 11 is 1.46. The average molecular weight is 394 g/mol. The van der Waals surface area contributed by atoms with Gasteiger partial charge in [0, 0.05) is 18.7 Å². The van der Waals surface area contributed by atoms with Gasteiger partial charge in [0.25, 0.3) is 5.91 Å². The van der Waals surface area contributed by atoms with Crippen LogP contribution in [0.1, 0.15) is 26.5 Å². The van der Waals surface area contributed by atoms with Gasteiger partial charge in [-0.25, -0.2) is 4.98 Å². The van der Waals surface area contributed by atoms with E-state index in [2.05, 4.69) is 4.98 Å². The molecule has 0 radical (unpaired) electrons. The Kier molecular flexibility index (Phi) is 5.05. The molecule has 3 aromatic rings. The highest BCUT2D eigenvalue weighted by molar-refractivity contribution is 7.17. The van der Waals surface area contributed by atoms with E-state index >= 15 is 0 Å². The number of methoxy groups -OCH3 is 2. The summed E-state index contributed by atoms with van der Waals surface area (Å²) in [6, 6.07) is 14.0. The molecule has 0 saturated carbocycles. The van der Waals surface area contributed by atoms with Gasteiger partial charge in [-0.15, -0.1) is 11.3 Å². The topological polar surface area (TPSA) is 51.7 Å². The second-order valence-corrected chi connectivity index (χ2v) is 7.75. The minimum atomic E-state index is 0.0395. The van der Waals surface area contributed by atoms with Gasteiger partial charge >= 0.3 is 0 Å². The largest absolute Gasteiger partial charge is 0.493 e. The van der Waals surface area contributed by atoms with E-state index in [9.17, 15) is 4.79 Å². The monoisotopic (exact) mass is 394 g/mol. The van der Waals surface area contributed by atoms with Crippen molar-refractivity contribution in [2.24, 2.45) is 0 Å². The van der Waals surface area contributed by atoms with Crippen molar-refractivity contribution in [3.8, 4) is 22.1 Å². The van der Waals surface area contributed by atoms with Gasteiger partial charge in [0.2, 0.25) is 0 Å². The first-order valence-corrected chi connectivity index (χ1v) is 9.98. The average Bonchev–Trinajstić information content (AvgIpc) is 3.14. The molecule has 0 bridgehead atoms. The fourth-order valence-electron chi connectivity index (χ4n) is 3.50. The quantitative estimate of drug-likeness (QED) is 0.661. The normalized spacial score (nSPS) is 13.2. The molecule has 0 N–H and O–H groups in total. The predicted molar refractivity (Wildman–Crippen MR) is 110 cm³/mol. The minimum Gasteiger partial charge on any atom is -0.493 e. The third-order valence-electron chi connectivity index (χ3n) is 5.02. The molecule has 0 atom stereocenters. The van der Waals surface area contributed by atoms with Crippen LogP contribution in [0, 0.1) is 6.92 Å². The van der Waals surface area contributed by atoms with Crippen LogP contribution in [0.3, 0.4) is 0 Å². The lowest BCUT2D eigenvalue weighted by Crippen LogP contribution is -2.35. The zero-order valence-corrected chi connectivity index (χ0v) is 17.0. The van der Waals surface area contributed by atoms with Gasteiger partial charge in [0.1, 0.15) is 9.88 Å². The fraction of sp³-hybridized carbons (Fsp3) is 0.273. The third kappa shape index (κ3) is 3.36. The second kappa shape index (κ2) is 7.64. The Labute approximate surface area is 168 Å². The summed E-state index contributed by atoms with van der Waals surface area (Å²) < 4.78 is 10.8. The molecule has 0 fully saturated rings. The first-order valence-electron chi connectivity index (χ1n) is 9.16. The van der Waals surface area contributed by atoms with Crippen molar-refractivity contribution < 1.29 is 14.3 Å². The number of rotatable bonds is 4. The molecule has 2 heterocycles. The van der Waals surface area contributed by atoms with Gasteiger partial charge in [-0.3, -0.25) is 4.79 Å². The van der Waals surface area contributed by atoms with Crippen molar-refractivity contribution >= 4 is 17.2 Å². The summed E-state index contributed by atoms with van der Waals surface area (Å²) in [4.78, 5) is 20.4. The van der Waals surface area contributed by atoms with Crippen LogP contribution in [0.5, 0.6) is 11.5 Å². The molecule has 6 heteroatoms. The lowest BCUT2D eigenvalue weighted by Gasteiger charge is -2.29. The van der Waals surface area contributed by atoms with Gasteiger partial charge in [0.05, 0.1) is 19.9 Å². The smallest absolute Gasteiger partial charge is 0.266 e. The third-order valence-corrected chi connectivity index (χ3v) is 6.21. The minimum absolute atomic E-state index is 0.0395. The molecule has 1 amide bonds. The summed E-state index contributed by atoms with van der Waals surface area (Å²) in [5.74, 6) is 1.46. The standard InChI is InChI=1S/C22H22N2O3S/c1-14-20(28-21(23-14)15-7-5-4-6-8-15)22(25)24-10-9-16-11-18(26-2)19(27-3)12-17(16)13-24/h4-8,11-12H,9-10,13H2,1-3H3. The molecule has 0 aliphatic carbocycles. The number of benzene rings is 2. The summed E-state index contributed by atoms with van der Waals surface area (Å²) in [5, 5.41) is 0.880. The first kappa shape index (κ1) is 18.5. The van der Waals surface area contributed by atoms with Gasteiger partial charge in [-0.2, -0.15) is 0 Å². The summed E-state index contributed by atoms with van der Waals surface area (Å²) in [6.07, 6.45) is 0.796. The van der Waals surface area contributed by atoms with E-state index in [0.29, 0.717) is 23.7 Å². The van der Waals surface area contributed by atoms with Crippen LogP contribution in [-0.4, -0.2) is 36.6 Å². The van der Waals surface area contributed by atoms with Gasteiger partial charge in [-0.1, -0.05) is 30.3 Å². The van der Waals surface area contributed by atoms with Crippen molar-refractivity contribution in [2.75, 3.05) is 20.8 Å². The van der Waals surface area contributed by atoms with Crippen LogP contribution < -0.4 is 9.47 Å². The van der Waals surface area contributed by atoms with Crippen LogP contribution in [0.4, 0.5) is 0 Å². The Morgan fingerprint density at radius 3 is 2.43 bits per heavy atom. The van der Waals surface area contributed by atoms with E-state index in [1.54, 1.807) is 14.2 Å². The maximum atomic E-state index is 13.2. The molecule has 1 aromatic heterocycles. The number of nitrogens with zero attached hydrogens (tertiary/aromatic N) is 2. The number of aryl methyl sites for hydroxylation is 1. The van der Waals surface area contributed by atoms with Crippen LogP contribution in [0.2, 0.25) is 0 Å². The maximum absolute atomic E-state index is 13.2. The highest BCUT2D eigenvalue weighted by Crippen LogP contribution is 2.34. The Morgan fingerprint density at radius 1 is 1.07 bits per heavy atom. The van der Waals surface area contributed by atoms with Crippen LogP contribution >= 0.6 is 11.3 Å². The molecule has 0 saturated heterocycles. The summed E-state index contributed by atoms with van der Waals surface area (Å²) in [6.45, 7) is 3.15. The number of hydrogen-bond acceptors (Lipinski definition) is 5. The van der Waals surface area contributed by atoms with E-state index in [1.165, 1.54) is 16.9 Å². The number of aromatic nitrogens is 1. The molecule has 4 rings (SSSR count). The molecule has 1 aliphatic rings. The van der Waals surface area contributed by atoms with Gasteiger partial charge in [-0.05, 0) is 36.6 Å². The fourth-order valence-corrected chi connectivity index (χ4v) is 4.54. The molecule has 28 heavy (non-hydrogen) atoms. The van der Waals surface area contributed by atoms with Crippen LogP contribution in [0.15, 0.2) is 42.5 Å². The van der Waals surface area contributed by atoms with Crippen molar-refractivity contribution in [3.05, 3.63) is 64.2 Å². The Morgan fingerprint density at radius 2 is 1.75 bits per heavy atom. The van der Waals surface area contributed by atoms with Gasteiger partial charge < -0.3 is 14.4 Å². The molecular weight excluding hydrogens is 372 g/mol. The molecule has 2 aromatic carbocycles. The number of thiazole rings is 1. The number of carbonyl (C=O) groups excluding carboxylic acids is 1. The SMILES string of the molecule is COc1cc2c(cc1OC)CN(C(=O)c1sc(-c3ccccc3)nc1C)CC2. The second-order valence-electron chi connectivity index (χ2n) is 6.75. The summed E-state index contributed by atoms with van der Waals surface area (Å²) in [5.41, 5.74) is 4.12. The van der Waals surface area contributed by atoms with Crippen molar-refractivity contribution in [2.45, 2.75) is 19.9 Å². The van der Waals surface area contributed by atoms with E-state index in [-0.39, 0.29) is 5.91 Å². The molecule has 144 valence electrons. The highest BCUT2D eigenvalue weighted by Gasteiger charge is 2.26. The molecule has 0 unspecified atom stereocenters. The number of ether oxygens (including phenoxy) is 2. The Bertz CT molecular complexity index is 1010. The van der Waals surface area contributed by atoms with Crippen LogP contribution in [-0.2, 0) is 13.0 Å². The van der Waals surface area contributed by atoms with E-state index in [4.69, 9.17) is 9.47 Å². The maximum Gasteiger partial charge on any atom is 0.266 e. The number of fused-ring (bicyclic) bond motifs is 1. The van der Waals surface area contributed by atoms with Crippen molar-refractivity contribution in [1.29, 1.82) is 0 Å². The summed E-state index contributed by atoms with van der Waals surface area (Å²) in [7, 11) is 3.27. The van der Waals surface area contributed by atoms with Crippen molar-refractivity contribution in [3.63, 3.8) is 0 Å². The zero-order chi connectivity index (χ0) is 19.7. The Balaban J connectivity index is 1.60. The Hall–Kier alpha value is -2.86. The molecular formula is C22H22N2O3S. The van der Waals surface area contributed by atoms with Crippen LogP contribution in [0.25, 0.3) is 10.6 Å². The van der Waals surface area contributed by atoms with Gasteiger partial charge in [0.15, 0.2) is 11.5 Å². The lowest BCUT2D eigenvalue weighted by atomic mass is 9.98. The number of hydrogen-bond donors (Lipinski definition) is 0. The first-order chi connectivity index (χ1) is 13.6. The molecule has 5 nitrogen and oxygen atoms in total. The van der Waals surface area contributed by atoms with E-state index < -0.39 is 0 Å². The molecule has 1 aliphatic heterocycles. The number of carbonyl (C=O) groups is 1. The van der Waals surface area contributed by atoms with E-state index in [0.717, 1.165) is 34.0 Å².